The Morgan fingerprint density at radius 1 is 1.43 bits per heavy atom. The Morgan fingerprint density at radius 3 is 2.50 bits per heavy atom. The van der Waals surface area contributed by atoms with E-state index in [0.29, 0.717) is 11.8 Å². The number of hydrogen-bond acceptors (Lipinski definition) is 2. The van der Waals surface area contributed by atoms with Crippen LogP contribution in [0.4, 0.5) is 0 Å². The molecule has 0 bridgehead atoms. The van der Waals surface area contributed by atoms with Gasteiger partial charge in [0.1, 0.15) is 4.66 Å². The van der Waals surface area contributed by atoms with Crippen LogP contribution in [0.3, 0.4) is 0 Å². The predicted molar refractivity (Wildman–Crippen MR) is 61.8 cm³/mol. The lowest BCUT2D eigenvalue weighted by atomic mass is 9.94. The Balaban J connectivity index is 2.56. The smallest absolute Gasteiger partial charge is 0.212 e. The second-order valence-electron chi connectivity index (χ2n) is 4.05. The van der Waals surface area contributed by atoms with Crippen molar-refractivity contribution < 1.29 is 8.42 Å². The van der Waals surface area contributed by atoms with Gasteiger partial charge in [0.15, 0.2) is 0 Å². The van der Waals surface area contributed by atoms with E-state index in [1.807, 2.05) is 0 Å². The summed E-state index contributed by atoms with van der Waals surface area (Å²) in [4.78, 5) is 0. The van der Waals surface area contributed by atoms with E-state index >= 15 is 0 Å². The van der Waals surface area contributed by atoms with Gasteiger partial charge in [-0.3, -0.25) is 0 Å². The maximum absolute atomic E-state index is 11.3. The molecule has 3 unspecified atom stereocenters. The van der Waals surface area contributed by atoms with Gasteiger partial charge in [-0.15, -0.1) is 0 Å². The minimum Gasteiger partial charge on any atom is -0.212 e. The number of hydrogen-bond donors (Lipinski definition) is 1. The van der Waals surface area contributed by atoms with Crippen LogP contribution in [-0.2, 0) is 10.0 Å². The molecule has 3 atom stereocenters. The molecule has 0 saturated heterocycles. The molecule has 84 valence electrons. The average Bonchev–Trinajstić information content (AvgIpc) is 2.47. The summed E-state index contributed by atoms with van der Waals surface area (Å²) in [5, 5.41) is 0. The fourth-order valence-corrected chi connectivity index (χ4v) is 3.51. The van der Waals surface area contributed by atoms with Gasteiger partial charge in [0, 0.05) is 6.04 Å². The van der Waals surface area contributed by atoms with Crippen molar-refractivity contribution in [3.8, 4) is 0 Å². The van der Waals surface area contributed by atoms with Gasteiger partial charge in [0.2, 0.25) is 10.0 Å². The molecule has 0 aromatic carbocycles. The molecule has 1 N–H and O–H groups in total. The Bertz CT molecular complexity index is 279. The highest BCUT2D eigenvalue weighted by Crippen LogP contribution is 2.34. The lowest BCUT2D eigenvalue weighted by molar-refractivity contribution is 0.369. The zero-order valence-electron chi connectivity index (χ0n) is 8.66. The van der Waals surface area contributed by atoms with E-state index in [-0.39, 0.29) is 10.7 Å². The van der Waals surface area contributed by atoms with E-state index < -0.39 is 10.0 Å². The van der Waals surface area contributed by atoms with Crippen molar-refractivity contribution in [2.45, 2.75) is 39.2 Å². The van der Waals surface area contributed by atoms with Crippen LogP contribution in [-0.4, -0.2) is 19.1 Å². The Hall–Kier alpha value is 0.390. The Labute approximate surface area is 94.8 Å². The molecule has 0 aromatic heterocycles. The molecule has 0 aromatic rings. The standard InChI is InChI=1S/C9H18BrNO2S/c1-3-8-4-5-9(7(8)2)11-14(12,13)6-10/h7-9,11H,3-6H2,1-2H3. The van der Waals surface area contributed by atoms with E-state index in [4.69, 9.17) is 0 Å². The van der Waals surface area contributed by atoms with Crippen LogP contribution in [0.15, 0.2) is 0 Å². The fraction of sp³-hybridized carbons (Fsp3) is 1.00. The van der Waals surface area contributed by atoms with Crippen LogP contribution < -0.4 is 4.72 Å². The maximum atomic E-state index is 11.3. The van der Waals surface area contributed by atoms with E-state index in [1.54, 1.807) is 0 Å². The first kappa shape index (κ1) is 12.5. The Kier molecular flexibility index (Phi) is 4.40. The monoisotopic (exact) mass is 283 g/mol. The molecule has 3 nitrogen and oxygen atoms in total. The zero-order chi connectivity index (χ0) is 10.8. The summed E-state index contributed by atoms with van der Waals surface area (Å²) in [7, 11) is -3.10. The molecule has 0 amide bonds. The van der Waals surface area contributed by atoms with E-state index in [1.165, 1.54) is 0 Å². The van der Waals surface area contributed by atoms with Gasteiger partial charge in [-0.2, -0.15) is 0 Å². The summed E-state index contributed by atoms with van der Waals surface area (Å²) >= 11 is 2.98. The van der Waals surface area contributed by atoms with Crippen LogP contribution in [0.5, 0.6) is 0 Å². The predicted octanol–water partition coefficient (Wildman–Crippen LogP) is 2.08. The largest absolute Gasteiger partial charge is 0.221 e. The number of sulfonamides is 1. The summed E-state index contributed by atoms with van der Waals surface area (Å²) in [5.74, 6) is 1.15. The summed E-state index contributed by atoms with van der Waals surface area (Å²) in [5.41, 5.74) is 0. The molecule has 0 heterocycles. The van der Waals surface area contributed by atoms with Crippen LogP contribution in [0, 0.1) is 11.8 Å². The molecule has 1 aliphatic rings. The molecular formula is C9H18BrNO2S. The lowest BCUT2D eigenvalue weighted by Crippen LogP contribution is -2.37. The number of alkyl halides is 1. The first-order valence-corrected chi connectivity index (χ1v) is 7.83. The maximum Gasteiger partial charge on any atom is 0.221 e. The van der Waals surface area contributed by atoms with Gasteiger partial charge < -0.3 is 0 Å². The third kappa shape index (κ3) is 2.94. The van der Waals surface area contributed by atoms with Gasteiger partial charge >= 0.3 is 0 Å². The first-order chi connectivity index (χ1) is 6.50. The molecule has 1 fully saturated rings. The van der Waals surface area contributed by atoms with Crippen molar-refractivity contribution in [3.63, 3.8) is 0 Å². The van der Waals surface area contributed by atoms with E-state index in [0.717, 1.165) is 19.3 Å². The quantitative estimate of drug-likeness (QED) is 0.803. The molecule has 0 spiro atoms. The first-order valence-electron chi connectivity index (χ1n) is 5.06. The summed E-state index contributed by atoms with van der Waals surface area (Å²) in [6, 6.07) is 0.141. The zero-order valence-corrected chi connectivity index (χ0v) is 11.1. The third-order valence-corrected chi connectivity index (χ3v) is 5.98. The molecule has 0 aliphatic heterocycles. The summed E-state index contributed by atoms with van der Waals surface area (Å²) in [6.07, 6.45) is 3.27. The van der Waals surface area contributed by atoms with E-state index in [9.17, 15) is 8.42 Å². The third-order valence-electron chi connectivity index (χ3n) is 3.23. The van der Waals surface area contributed by atoms with Crippen LogP contribution in [0.1, 0.15) is 33.1 Å². The minimum atomic E-state index is -3.10. The SMILES string of the molecule is CCC1CCC(NS(=O)(=O)CBr)C1C. The molecular weight excluding hydrogens is 266 g/mol. The van der Waals surface area contributed by atoms with Crippen molar-refractivity contribution in [3.05, 3.63) is 0 Å². The molecule has 1 aliphatic carbocycles. The van der Waals surface area contributed by atoms with Crippen molar-refractivity contribution in [1.29, 1.82) is 0 Å². The molecule has 1 saturated carbocycles. The van der Waals surface area contributed by atoms with Crippen LogP contribution >= 0.6 is 15.9 Å². The van der Waals surface area contributed by atoms with Gasteiger partial charge in [-0.1, -0.05) is 36.2 Å². The fourth-order valence-electron chi connectivity index (χ4n) is 2.25. The Morgan fingerprint density at radius 2 is 2.07 bits per heavy atom. The van der Waals surface area contributed by atoms with Gasteiger partial charge in [0.25, 0.3) is 0 Å². The number of rotatable bonds is 4. The van der Waals surface area contributed by atoms with Crippen molar-refractivity contribution >= 4 is 26.0 Å². The highest BCUT2D eigenvalue weighted by Gasteiger charge is 2.33. The summed E-state index contributed by atoms with van der Waals surface area (Å²) < 4.78 is 25.4. The lowest BCUT2D eigenvalue weighted by Gasteiger charge is -2.20. The highest BCUT2D eigenvalue weighted by molar-refractivity contribution is 9.10. The molecule has 5 heteroatoms. The minimum absolute atomic E-state index is 0.0000116. The average molecular weight is 284 g/mol. The van der Waals surface area contributed by atoms with Gasteiger partial charge in [-0.05, 0) is 24.7 Å². The summed E-state index contributed by atoms with van der Waals surface area (Å²) in [6.45, 7) is 4.31. The normalized spacial score (nSPS) is 33.5. The van der Waals surface area contributed by atoms with Crippen LogP contribution in [0.2, 0.25) is 0 Å². The van der Waals surface area contributed by atoms with Gasteiger partial charge in [0.05, 0.1) is 0 Å². The highest BCUT2D eigenvalue weighted by atomic mass is 79.9. The van der Waals surface area contributed by atoms with E-state index in [2.05, 4.69) is 34.5 Å². The second kappa shape index (κ2) is 4.94. The van der Waals surface area contributed by atoms with Crippen molar-refractivity contribution in [2.24, 2.45) is 11.8 Å². The molecule has 1 rings (SSSR count). The van der Waals surface area contributed by atoms with Gasteiger partial charge in [-0.25, -0.2) is 13.1 Å². The van der Waals surface area contributed by atoms with Crippen molar-refractivity contribution in [1.82, 2.24) is 4.72 Å². The number of nitrogens with one attached hydrogen (secondary N) is 1. The topological polar surface area (TPSA) is 46.2 Å². The molecule has 14 heavy (non-hydrogen) atoms. The van der Waals surface area contributed by atoms with Crippen LogP contribution in [0.25, 0.3) is 0 Å². The number of halogens is 1. The molecule has 0 radical (unpaired) electrons. The van der Waals surface area contributed by atoms with Crippen molar-refractivity contribution in [2.75, 3.05) is 4.66 Å². The second-order valence-corrected chi connectivity index (χ2v) is 7.11.